The van der Waals surface area contributed by atoms with Gasteiger partial charge in [-0.15, -0.1) is 0 Å². The Balaban J connectivity index is 1.18. The molecule has 0 radical (unpaired) electrons. The molecule has 2 heterocycles. The monoisotopic (exact) mass is 773 g/mol. The molecule has 3 aromatic carbocycles. The van der Waals surface area contributed by atoms with Gasteiger partial charge in [0.1, 0.15) is 24.7 Å². The average Bonchev–Trinajstić information content (AvgIpc) is 3.64. The van der Waals surface area contributed by atoms with Crippen LogP contribution in [0.1, 0.15) is 38.8 Å². The second-order valence-electron chi connectivity index (χ2n) is 9.85. The number of methoxy groups -OCH3 is 1. The Bertz CT molecular complexity index is 1850. The van der Waals surface area contributed by atoms with Crippen molar-refractivity contribution in [2.75, 3.05) is 7.11 Å². The molecule has 232 valence electrons. The highest BCUT2D eigenvalue weighted by atomic mass is 79.9. The molecule has 1 N–H and O–H groups in total. The van der Waals surface area contributed by atoms with E-state index in [9.17, 15) is 4.79 Å². The molecule has 0 aliphatic rings. The van der Waals surface area contributed by atoms with Crippen molar-refractivity contribution in [2.24, 2.45) is 5.10 Å². The first-order chi connectivity index (χ1) is 21.6. The zero-order valence-electron chi connectivity index (χ0n) is 24.4. The number of furan rings is 1. The van der Waals surface area contributed by atoms with Gasteiger partial charge in [0.2, 0.25) is 0 Å². The highest BCUT2D eigenvalue weighted by molar-refractivity contribution is 9.13. The number of aryl methyl sites for hydroxylation is 2. The van der Waals surface area contributed by atoms with Gasteiger partial charge < -0.3 is 23.2 Å². The number of hydrazone groups is 1. The maximum Gasteiger partial charge on any atom is 0.307 e. The molecule has 0 spiro atoms. The SMILES string of the molecule is COc1cc(/C=N/NC(=O)c2ccc(COc3ccc(-n4c(C)ccc4C)cc3)o2)c(Br)c(Br)c1OCc1ccc(Cl)cc1Cl. The number of amides is 1. The number of carbonyl (C=O) groups excluding carboxylic acids is 1. The van der Waals surface area contributed by atoms with Gasteiger partial charge in [-0.05, 0) is 112 Å². The summed E-state index contributed by atoms with van der Waals surface area (Å²) in [6.07, 6.45) is 1.47. The van der Waals surface area contributed by atoms with Gasteiger partial charge in [0, 0.05) is 42.7 Å². The number of nitrogens with one attached hydrogen (secondary N) is 1. The van der Waals surface area contributed by atoms with Crippen LogP contribution in [0.3, 0.4) is 0 Å². The maximum absolute atomic E-state index is 12.7. The van der Waals surface area contributed by atoms with Crippen LogP contribution in [0.5, 0.6) is 17.2 Å². The van der Waals surface area contributed by atoms with Crippen LogP contribution < -0.4 is 19.6 Å². The summed E-state index contributed by atoms with van der Waals surface area (Å²) in [5.74, 6) is 1.68. The fraction of sp³-hybridized carbons (Fsp3) is 0.152. The summed E-state index contributed by atoms with van der Waals surface area (Å²) in [6, 6.07) is 22.1. The second kappa shape index (κ2) is 14.6. The first-order valence-corrected chi connectivity index (χ1v) is 15.9. The molecule has 8 nitrogen and oxygen atoms in total. The van der Waals surface area contributed by atoms with Gasteiger partial charge in [0.05, 0.1) is 17.8 Å². The van der Waals surface area contributed by atoms with Crippen molar-refractivity contribution in [3.05, 3.63) is 126 Å². The fourth-order valence-electron chi connectivity index (χ4n) is 4.49. The standard InChI is InChI=1S/C33H27Br2Cl2N3O5/c1-19-4-5-20(2)40(19)24-8-10-25(11-9-24)43-18-26-12-13-28(45-26)33(41)39-38-16-22-14-29(42-3)32(31(35)30(22)34)44-17-21-6-7-23(36)15-27(21)37/h4-16H,17-18H2,1-3H3,(H,39,41)/b38-16+. The Labute approximate surface area is 287 Å². The summed E-state index contributed by atoms with van der Waals surface area (Å²) >= 11 is 19.4. The molecule has 0 bridgehead atoms. The number of carbonyl (C=O) groups is 1. The van der Waals surface area contributed by atoms with Crippen molar-refractivity contribution in [1.82, 2.24) is 9.99 Å². The molecule has 5 aromatic rings. The quantitative estimate of drug-likeness (QED) is 0.107. The maximum atomic E-state index is 12.7. The van der Waals surface area contributed by atoms with Gasteiger partial charge in [0.25, 0.3) is 0 Å². The second-order valence-corrected chi connectivity index (χ2v) is 12.3. The van der Waals surface area contributed by atoms with Gasteiger partial charge in [-0.1, -0.05) is 29.3 Å². The van der Waals surface area contributed by atoms with Crippen molar-refractivity contribution < 1.29 is 23.4 Å². The lowest BCUT2D eigenvalue weighted by Gasteiger charge is -2.16. The summed E-state index contributed by atoms with van der Waals surface area (Å²) in [6.45, 7) is 4.49. The van der Waals surface area contributed by atoms with Crippen LogP contribution in [0, 0.1) is 13.8 Å². The number of aromatic nitrogens is 1. The molecule has 0 saturated carbocycles. The molecule has 0 aliphatic carbocycles. The molecule has 0 fully saturated rings. The topological polar surface area (TPSA) is 87.2 Å². The van der Waals surface area contributed by atoms with Crippen molar-refractivity contribution in [3.8, 4) is 22.9 Å². The highest BCUT2D eigenvalue weighted by Gasteiger charge is 2.18. The summed E-state index contributed by atoms with van der Waals surface area (Å²) in [7, 11) is 1.53. The van der Waals surface area contributed by atoms with E-state index in [2.05, 4.69) is 72.9 Å². The molecule has 0 atom stereocenters. The van der Waals surface area contributed by atoms with Gasteiger partial charge in [-0.25, -0.2) is 5.43 Å². The summed E-state index contributed by atoms with van der Waals surface area (Å²) in [4.78, 5) is 12.7. The smallest absolute Gasteiger partial charge is 0.307 e. The van der Waals surface area contributed by atoms with Crippen LogP contribution in [0.25, 0.3) is 5.69 Å². The molecular formula is C33H27Br2Cl2N3O5. The highest BCUT2D eigenvalue weighted by Crippen LogP contribution is 2.43. The summed E-state index contributed by atoms with van der Waals surface area (Å²) < 4.78 is 26.5. The van der Waals surface area contributed by atoms with E-state index in [0.717, 1.165) is 22.6 Å². The molecule has 0 unspecified atom stereocenters. The van der Waals surface area contributed by atoms with Gasteiger partial charge in [-0.2, -0.15) is 5.10 Å². The molecule has 0 aliphatic heterocycles. The van der Waals surface area contributed by atoms with E-state index in [4.69, 9.17) is 41.8 Å². The van der Waals surface area contributed by atoms with Crippen LogP contribution in [0.2, 0.25) is 10.0 Å². The minimum atomic E-state index is -0.513. The van der Waals surface area contributed by atoms with E-state index >= 15 is 0 Å². The molecule has 12 heteroatoms. The third-order valence-corrected chi connectivity index (χ3v) is 9.50. The van der Waals surface area contributed by atoms with Crippen molar-refractivity contribution >= 4 is 67.2 Å². The zero-order valence-corrected chi connectivity index (χ0v) is 29.1. The van der Waals surface area contributed by atoms with Crippen molar-refractivity contribution in [2.45, 2.75) is 27.1 Å². The Hall–Kier alpha value is -3.70. The van der Waals surface area contributed by atoms with Crippen molar-refractivity contribution in [3.63, 3.8) is 0 Å². The number of hydrogen-bond donors (Lipinski definition) is 1. The minimum absolute atomic E-state index is 0.0992. The Kier molecular flexibility index (Phi) is 10.6. The van der Waals surface area contributed by atoms with Crippen molar-refractivity contribution in [1.29, 1.82) is 0 Å². The van der Waals surface area contributed by atoms with Crippen LogP contribution in [-0.4, -0.2) is 23.8 Å². The largest absolute Gasteiger partial charge is 0.493 e. The van der Waals surface area contributed by atoms with E-state index in [1.807, 2.05) is 24.3 Å². The summed E-state index contributed by atoms with van der Waals surface area (Å²) in [5.41, 5.74) is 7.24. The van der Waals surface area contributed by atoms with E-state index < -0.39 is 5.91 Å². The van der Waals surface area contributed by atoms with Gasteiger partial charge in [0.15, 0.2) is 17.3 Å². The first-order valence-electron chi connectivity index (χ1n) is 13.6. The van der Waals surface area contributed by atoms with Crippen LogP contribution in [0.15, 0.2) is 91.3 Å². The molecule has 1 amide bonds. The first kappa shape index (κ1) is 32.7. The number of benzene rings is 3. The number of nitrogens with zero attached hydrogens (tertiary/aromatic N) is 2. The van der Waals surface area contributed by atoms with Gasteiger partial charge >= 0.3 is 5.91 Å². The normalized spacial score (nSPS) is 11.2. The third-order valence-electron chi connectivity index (χ3n) is 6.77. The van der Waals surface area contributed by atoms with E-state index in [1.165, 1.54) is 13.3 Å². The number of ether oxygens (including phenoxy) is 3. The predicted octanol–water partition coefficient (Wildman–Crippen LogP) is 9.45. The number of halogens is 4. The molecule has 5 rings (SSSR count). The lowest BCUT2D eigenvalue weighted by atomic mass is 10.2. The Morgan fingerprint density at radius 2 is 1.67 bits per heavy atom. The van der Waals surface area contributed by atoms with E-state index in [0.29, 0.717) is 47.6 Å². The van der Waals surface area contributed by atoms with Crippen LogP contribution in [0.4, 0.5) is 0 Å². The molecule has 2 aromatic heterocycles. The molecular weight excluding hydrogens is 749 g/mol. The number of hydrogen-bond acceptors (Lipinski definition) is 6. The Morgan fingerprint density at radius 1 is 0.933 bits per heavy atom. The molecule has 0 saturated heterocycles. The van der Waals surface area contributed by atoms with Crippen LogP contribution >= 0.6 is 55.1 Å². The Morgan fingerprint density at radius 3 is 2.36 bits per heavy atom. The van der Waals surface area contributed by atoms with E-state index in [-0.39, 0.29) is 19.0 Å². The molecule has 45 heavy (non-hydrogen) atoms. The van der Waals surface area contributed by atoms with Crippen LogP contribution in [-0.2, 0) is 13.2 Å². The third kappa shape index (κ3) is 7.76. The minimum Gasteiger partial charge on any atom is -0.493 e. The zero-order chi connectivity index (χ0) is 32.1. The lowest BCUT2D eigenvalue weighted by molar-refractivity contribution is 0.0923. The van der Waals surface area contributed by atoms with E-state index in [1.54, 1.807) is 36.4 Å². The number of rotatable bonds is 11. The lowest BCUT2D eigenvalue weighted by Crippen LogP contribution is -2.16. The average molecular weight is 776 g/mol. The van der Waals surface area contributed by atoms with Gasteiger partial charge in [-0.3, -0.25) is 4.79 Å². The predicted molar refractivity (Wildman–Crippen MR) is 183 cm³/mol. The summed E-state index contributed by atoms with van der Waals surface area (Å²) in [5, 5.41) is 5.12. The fourth-order valence-corrected chi connectivity index (χ4v) is 5.89.